The van der Waals surface area contributed by atoms with Gasteiger partial charge in [0, 0.05) is 67.2 Å². The van der Waals surface area contributed by atoms with Gasteiger partial charge in [-0.2, -0.15) is 0 Å². The SMILES string of the molecule is c1ccc(-n2c3ccccc3c3cc(-c4cnc5oc6cncc(-c7ccc8c(c7)c7ccccc7n8-c7ccccc7)c6c5c4)ccc32)cc1. The van der Waals surface area contributed by atoms with E-state index in [1.165, 1.54) is 38.1 Å². The van der Waals surface area contributed by atoms with Crippen LogP contribution in [-0.2, 0) is 0 Å². The molecule has 5 nitrogen and oxygen atoms in total. The molecule has 0 spiro atoms. The van der Waals surface area contributed by atoms with Gasteiger partial charge in [0.2, 0.25) is 5.71 Å². The van der Waals surface area contributed by atoms with Crippen molar-refractivity contribution in [3.05, 3.63) is 170 Å². The second-order valence-corrected chi connectivity index (χ2v) is 13.1. The molecule has 0 bridgehead atoms. The molecule has 0 radical (unpaired) electrons. The zero-order valence-electron chi connectivity index (χ0n) is 27.4. The van der Waals surface area contributed by atoms with Gasteiger partial charge < -0.3 is 13.6 Å². The van der Waals surface area contributed by atoms with Crippen LogP contribution in [0.5, 0.6) is 0 Å². The summed E-state index contributed by atoms with van der Waals surface area (Å²) in [6.07, 6.45) is 5.66. The highest BCUT2D eigenvalue weighted by Crippen LogP contribution is 2.41. The summed E-state index contributed by atoms with van der Waals surface area (Å²) in [6, 6.07) is 54.0. The molecule has 0 atom stereocenters. The minimum absolute atomic E-state index is 0.603. The molecule has 5 heteroatoms. The Morgan fingerprint density at radius 1 is 0.412 bits per heavy atom. The van der Waals surface area contributed by atoms with Gasteiger partial charge in [0.25, 0.3) is 0 Å². The third-order valence-electron chi connectivity index (χ3n) is 10.3. The Kier molecular flexibility index (Phi) is 5.89. The monoisotopic (exact) mass is 652 g/mol. The maximum atomic E-state index is 6.32. The Morgan fingerprint density at radius 3 is 1.59 bits per heavy atom. The highest BCUT2D eigenvalue weighted by atomic mass is 16.3. The van der Waals surface area contributed by atoms with Crippen molar-refractivity contribution in [1.82, 2.24) is 19.1 Å². The second-order valence-electron chi connectivity index (χ2n) is 13.1. The molecular weight excluding hydrogens is 625 g/mol. The molecule has 0 aliphatic carbocycles. The first-order valence-corrected chi connectivity index (χ1v) is 17.1. The van der Waals surface area contributed by atoms with Crippen molar-refractivity contribution < 1.29 is 4.42 Å². The molecule has 0 fully saturated rings. The predicted octanol–water partition coefficient (Wildman–Crippen LogP) is 11.9. The lowest BCUT2D eigenvalue weighted by Crippen LogP contribution is -1.93. The number of fused-ring (bicyclic) bond motifs is 9. The minimum atomic E-state index is 0.603. The van der Waals surface area contributed by atoms with E-state index in [1.54, 1.807) is 6.20 Å². The molecule has 51 heavy (non-hydrogen) atoms. The topological polar surface area (TPSA) is 48.8 Å². The van der Waals surface area contributed by atoms with E-state index in [0.717, 1.165) is 55.5 Å². The molecule has 0 amide bonds. The van der Waals surface area contributed by atoms with Crippen LogP contribution in [0.1, 0.15) is 0 Å². The van der Waals surface area contributed by atoms with Crippen molar-refractivity contribution in [3.63, 3.8) is 0 Å². The summed E-state index contributed by atoms with van der Waals surface area (Å²) >= 11 is 0. The molecule has 0 saturated heterocycles. The van der Waals surface area contributed by atoms with Gasteiger partial charge in [-0.1, -0.05) is 84.9 Å². The van der Waals surface area contributed by atoms with Crippen molar-refractivity contribution in [2.45, 2.75) is 0 Å². The molecular formula is C46H28N4O. The van der Waals surface area contributed by atoms with E-state index in [4.69, 9.17) is 9.40 Å². The lowest BCUT2D eigenvalue weighted by atomic mass is 9.98. The number of benzene rings is 6. The normalized spacial score (nSPS) is 11.9. The fourth-order valence-electron chi connectivity index (χ4n) is 7.99. The van der Waals surface area contributed by atoms with E-state index in [1.807, 2.05) is 12.4 Å². The first-order valence-electron chi connectivity index (χ1n) is 17.1. The molecule has 6 aromatic carbocycles. The number of hydrogen-bond donors (Lipinski definition) is 0. The largest absolute Gasteiger partial charge is 0.436 e. The molecule has 0 aliphatic heterocycles. The smallest absolute Gasteiger partial charge is 0.227 e. The summed E-state index contributed by atoms with van der Waals surface area (Å²) in [5.41, 5.74) is 12.6. The van der Waals surface area contributed by atoms with Gasteiger partial charge in [0.15, 0.2) is 5.58 Å². The Labute approximate surface area is 292 Å². The Morgan fingerprint density at radius 2 is 0.941 bits per heavy atom. The lowest BCUT2D eigenvalue weighted by Gasteiger charge is -2.09. The standard InChI is InChI=1S/C46H28N4O/c1-3-11-32(12-4-1)49-40-17-9-7-15-34(40)36-23-29(19-21-42(36)49)31-25-38-45-39(27-47-28-44(45)51-46(38)48-26-31)30-20-22-43-37(24-30)35-16-8-10-18-41(35)50(43)33-13-5-2-6-14-33/h1-28H. The second kappa shape index (κ2) is 10.8. The zero-order chi connectivity index (χ0) is 33.5. The lowest BCUT2D eigenvalue weighted by molar-refractivity contribution is 0.652. The van der Waals surface area contributed by atoms with E-state index in [9.17, 15) is 0 Å². The summed E-state index contributed by atoms with van der Waals surface area (Å²) < 4.78 is 11.0. The van der Waals surface area contributed by atoms with Crippen LogP contribution in [0.25, 0.3) is 99.3 Å². The number of furan rings is 1. The van der Waals surface area contributed by atoms with Gasteiger partial charge in [0.05, 0.1) is 28.3 Å². The van der Waals surface area contributed by atoms with E-state index in [-0.39, 0.29) is 0 Å². The summed E-state index contributed by atoms with van der Waals surface area (Å²) in [5, 5.41) is 6.82. The maximum Gasteiger partial charge on any atom is 0.227 e. The fourth-order valence-corrected chi connectivity index (χ4v) is 7.99. The number of para-hydroxylation sites is 4. The van der Waals surface area contributed by atoms with Crippen LogP contribution in [0.3, 0.4) is 0 Å². The molecule has 5 heterocycles. The number of nitrogens with zero attached hydrogens (tertiary/aromatic N) is 4. The average Bonchev–Trinajstić information content (AvgIpc) is 3.85. The molecule has 0 saturated carbocycles. The average molecular weight is 653 g/mol. The van der Waals surface area contributed by atoms with Gasteiger partial charge in [-0.05, 0) is 77.9 Å². The molecule has 5 aromatic heterocycles. The van der Waals surface area contributed by atoms with Crippen LogP contribution in [0.15, 0.2) is 175 Å². The van der Waals surface area contributed by atoms with E-state index in [2.05, 4.69) is 166 Å². The van der Waals surface area contributed by atoms with Crippen molar-refractivity contribution in [1.29, 1.82) is 0 Å². The number of pyridine rings is 2. The van der Waals surface area contributed by atoms with E-state index >= 15 is 0 Å². The Hall–Kier alpha value is -6.98. The van der Waals surface area contributed by atoms with Gasteiger partial charge in [-0.25, -0.2) is 4.98 Å². The van der Waals surface area contributed by atoms with Crippen molar-refractivity contribution in [3.8, 4) is 33.6 Å². The third kappa shape index (κ3) is 4.15. The Bertz CT molecular complexity index is 3130. The molecule has 0 N–H and O–H groups in total. The van der Waals surface area contributed by atoms with Crippen LogP contribution in [0.4, 0.5) is 0 Å². The number of rotatable bonds is 4. The predicted molar refractivity (Wildman–Crippen MR) is 209 cm³/mol. The first kappa shape index (κ1) is 27.9. The van der Waals surface area contributed by atoms with Gasteiger partial charge in [-0.15, -0.1) is 0 Å². The van der Waals surface area contributed by atoms with E-state index < -0.39 is 0 Å². The molecule has 0 unspecified atom stereocenters. The maximum absolute atomic E-state index is 6.32. The summed E-state index contributed by atoms with van der Waals surface area (Å²) in [5.74, 6) is 0. The minimum Gasteiger partial charge on any atom is -0.436 e. The van der Waals surface area contributed by atoms with Crippen LogP contribution in [0, 0.1) is 0 Å². The summed E-state index contributed by atoms with van der Waals surface area (Å²) in [4.78, 5) is 9.47. The van der Waals surface area contributed by atoms with Crippen LogP contribution in [-0.4, -0.2) is 19.1 Å². The van der Waals surface area contributed by atoms with Crippen LogP contribution < -0.4 is 0 Å². The number of hydrogen-bond acceptors (Lipinski definition) is 3. The van der Waals surface area contributed by atoms with Crippen molar-refractivity contribution >= 4 is 65.7 Å². The third-order valence-corrected chi connectivity index (χ3v) is 10.3. The zero-order valence-corrected chi connectivity index (χ0v) is 27.4. The fraction of sp³-hybridized carbons (Fsp3) is 0. The molecule has 0 aliphatic rings. The molecule has 11 rings (SSSR count). The number of aromatic nitrogens is 4. The highest BCUT2D eigenvalue weighted by molar-refractivity contribution is 6.15. The van der Waals surface area contributed by atoms with Gasteiger partial charge in [-0.3, -0.25) is 4.98 Å². The summed E-state index contributed by atoms with van der Waals surface area (Å²) in [7, 11) is 0. The summed E-state index contributed by atoms with van der Waals surface area (Å²) in [6.45, 7) is 0. The van der Waals surface area contributed by atoms with Crippen molar-refractivity contribution in [2.75, 3.05) is 0 Å². The van der Waals surface area contributed by atoms with Gasteiger partial charge in [0.1, 0.15) is 0 Å². The van der Waals surface area contributed by atoms with Crippen LogP contribution >= 0.6 is 0 Å². The van der Waals surface area contributed by atoms with Crippen LogP contribution in [0.2, 0.25) is 0 Å². The molecule has 11 aromatic rings. The highest BCUT2D eigenvalue weighted by Gasteiger charge is 2.19. The quantitative estimate of drug-likeness (QED) is 0.190. The van der Waals surface area contributed by atoms with E-state index in [0.29, 0.717) is 5.71 Å². The van der Waals surface area contributed by atoms with Gasteiger partial charge >= 0.3 is 0 Å². The van der Waals surface area contributed by atoms with Crippen molar-refractivity contribution in [2.24, 2.45) is 0 Å². The Balaban J connectivity index is 1.09. The first-order chi connectivity index (χ1) is 25.3. The molecule has 238 valence electrons.